The van der Waals surface area contributed by atoms with E-state index in [0.717, 1.165) is 70.1 Å². The van der Waals surface area contributed by atoms with Crippen molar-refractivity contribution < 1.29 is 46.9 Å². The predicted molar refractivity (Wildman–Crippen MR) is 358 cm³/mol. The van der Waals surface area contributed by atoms with Crippen LogP contribution in [0, 0.1) is 23.7 Å². The molecule has 5 aromatic carbocycles. The van der Waals surface area contributed by atoms with Gasteiger partial charge in [0.25, 0.3) is 29.5 Å². The highest BCUT2D eigenvalue weighted by atomic mass is 35.5. The quantitative estimate of drug-likeness (QED) is 0.0317. The molecule has 0 unspecified atom stereocenters. The van der Waals surface area contributed by atoms with Crippen LogP contribution in [0.5, 0.6) is 11.5 Å². The highest BCUT2D eigenvalue weighted by Crippen LogP contribution is 2.38. The van der Waals surface area contributed by atoms with Gasteiger partial charge in [0.1, 0.15) is 17.7 Å². The van der Waals surface area contributed by atoms with E-state index in [1.54, 1.807) is 84.6 Å². The Balaban J connectivity index is 0.000000214. The number of anilines is 5. The van der Waals surface area contributed by atoms with Crippen molar-refractivity contribution in [3.63, 3.8) is 0 Å². The molecule has 5 radical (unpaired) electrons. The fraction of sp³-hybridized carbons (Fsp3) is 0.286. The second-order valence-corrected chi connectivity index (χ2v) is 23.1. The summed E-state index contributed by atoms with van der Waals surface area (Å²) in [6.45, 7) is 11.0. The van der Waals surface area contributed by atoms with Gasteiger partial charge in [-0.15, -0.1) is 20.4 Å². The summed E-state index contributed by atoms with van der Waals surface area (Å²) in [6.07, 6.45) is 0.0422. The third-order valence-electron chi connectivity index (χ3n) is 15.0. The Morgan fingerprint density at radius 1 is 0.521 bits per heavy atom. The summed E-state index contributed by atoms with van der Waals surface area (Å²) in [5.41, 5.74) is 20.7. The van der Waals surface area contributed by atoms with Gasteiger partial charge in [-0.1, -0.05) is 46.4 Å². The number of nitrogen functional groups attached to an aromatic ring is 3. The summed E-state index contributed by atoms with van der Waals surface area (Å²) in [5.74, 6) is -0.436. The van der Waals surface area contributed by atoms with Gasteiger partial charge in [0.15, 0.2) is 40.6 Å². The van der Waals surface area contributed by atoms with Crippen LogP contribution in [-0.2, 0) is 4.65 Å². The summed E-state index contributed by atoms with van der Waals surface area (Å²) in [6, 6.07) is 27.6. The number of carbonyl (C=O) groups excluding carboxylic acids is 5. The minimum atomic E-state index is -1.30. The predicted octanol–water partition coefficient (Wildman–Crippen LogP) is 7.89. The monoisotopic (exact) mass is 1360 g/mol. The lowest BCUT2D eigenvalue weighted by atomic mass is 10.1. The number of likely N-dealkylation sites (N-methyl/N-ethyl adjacent to an activating group) is 3. The number of rotatable bonds is 13. The molecule has 0 bridgehead atoms. The molecule has 3 fully saturated rings. The summed E-state index contributed by atoms with van der Waals surface area (Å²) in [7, 11) is 11.1. The Hall–Kier alpha value is -9.00. The Morgan fingerprint density at radius 3 is 1.26 bits per heavy atom. The number of nitrogens with zero attached hydrogens (tertiary/aromatic N) is 10. The van der Waals surface area contributed by atoms with Gasteiger partial charge in [0.05, 0.1) is 21.2 Å². The fourth-order valence-corrected chi connectivity index (χ4v) is 10.7. The van der Waals surface area contributed by atoms with Crippen LogP contribution >= 0.6 is 46.4 Å². The largest absolute Gasteiger partial charge is 0.527 e. The van der Waals surface area contributed by atoms with E-state index >= 15 is 0 Å². The number of ether oxygens (including phenoxy) is 2. The molecule has 0 spiro atoms. The van der Waals surface area contributed by atoms with Gasteiger partial charge in [0.2, 0.25) is 0 Å². The number of nitrogens with one attached hydrogen (secondary N) is 2. The van der Waals surface area contributed by atoms with Crippen LogP contribution in [0.4, 0.5) is 37.5 Å². The zero-order chi connectivity index (χ0) is 67.0. The number of nitrogens with two attached hydrogens (primary N) is 3. The SMILES string of the molecule is CN1CCN(C(=O)c2ccc(N)cc2)CC1.C[C@@H](Oc1cc(C(=O)Nc2ccc(C(=O)N3CCN(C)CC3)cc2)nnc1N)c1c(Cl)ccc(F)c1Cl.[B].[B]OC#C[C@@H](Oc1cc(C(=O)Nc2ccc(C(=O)N3CCN(C)CC3)cc2)nnc1N)c1c(Cl)ccc(F)c1Cl. The summed E-state index contributed by atoms with van der Waals surface area (Å²) >= 11 is 24.6. The number of piperazine rings is 3. The number of hydrogen-bond donors (Lipinski definition) is 5. The first kappa shape index (κ1) is 72.4. The van der Waals surface area contributed by atoms with Gasteiger partial charge >= 0.3 is 8.05 Å². The second-order valence-electron chi connectivity index (χ2n) is 21.6. The minimum Gasteiger partial charge on any atom is -0.527 e. The third-order valence-corrected chi connectivity index (χ3v) is 16.4. The maximum absolute atomic E-state index is 14.1. The first-order chi connectivity index (χ1) is 44.5. The number of amides is 5. The van der Waals surface area contributed by atoms with E-state index in [-0.39, 0.29) is 91.9 Å². The van der Waals surface area contributed by atoms with Gasteiger partial charge in [0, 0.05) is 149 Å². The molecule has 94 heavy (non-hydrogen) atoms. The average molecular weight is 1360 g/mol. The van der Waals surface area contributed by atoms with Crippen molar-refractivity contribution in [1.82, 2.24) is 49.8 Å². The zero-order valence-corrected chi connectivity index (χ0v) is 54.4. The maximum Gasteiger partial charge on any atom is 0.392 e. The fourth-order valence-electron chi connectivity index (χ4n) is 9.49. The van der Waals surface area contributed by atoms with E-state index in [0.29, 0.717) is 54.4 Å². The molecule has 2 atom stereocenters. The van der Waals surface area contributed by atoms with Crippen LogP contribution < -0.4 is 37.3 Å². The van der Waals surface area contributed by atoms with Crippen molar-refractivity contribution in [2.45, 2.75) is 19.1 Å². The molecule has 8 N–H and O–H groups in total. The summed E-state index contributed by atoms with van der Waals surface area (Å²) < 4.78 is 44.0. The van der Waals surface area contributed by atoms with E-state index in [1.165, 1.54) is 24.3 Å². The van der Waals surface area contributed by atoms with Gasteiger partial charge in [-0.3, -0.25) is 24.0 Å². The molecule has 23 nitrogen and oxygen atoms in total. The van der Waals surface area contributed by atoms with Gasteiger partial charge in [-0.25, -0.2) is 8.78 Å². The van der Waals surface area contributed by atoms with Gasteiger partial charge in [-0.2, -0.15) is 0 Å². The highest BCUT2D eigenvalue weighted by molar-refractivity contribution is 6.36. The van der Waals surface area contributed by atoms with E-state index in [9.17, 15) is 32.8 Å². The van der Waals surface area contributed by atoms with Crippen molar-refractivity contribution in [1.29, 1.82) is 0 Å². The molecular formula is C63H64B2Cl4F2N15O8. The lowest BCUT2D eigenvalue weighted by molar-refractivity contribution is 0.0657. The molecule has 2 aromatic heterocycles. The molecule has 10 rings (SSSR count). The molecule has 0 aliphatic carbocycles. The summed E-state index contributed by atoms with van der Waals surface area (Å²) in [4.78, 5) is 75.3. The molecule has 3 saturated heterocycles. The molecular weight excluding hydrogens is 1300 g/mol. The van der Waals surface area contributed by atoms with E-state index in [1.807, 2.05) is 23.9 Å². The lowest BCUT2D eigenvalue weighted by Crippen LogP contribution is -2.47. The highest BCUT2D eigenvalue weighted by Gasteiger charge is 2.27. The first-order valence-corrected chi connectivity index (χ1v) is 30.3. The number of aromatic nitrogens is 4. The normalized spacial score (nSPS) is 14.8. The molecule has 5 amide bonds. The van der Waals surface area contributed by atoms with Crippen molar-refractivity contribution in [3.05, 3.63) is 180 Å². The number of carbonyl (C=O) groups is 5. The van der Waals surface area contributed by atoms with Gasteiger partial charge in [-0.05, 0) is 131 Å². The van der Waals surface area contributed by atoms with Crippen LogP contribution in [-0.4, -0.2) is 195 Å². The van der Waals surface area contributed by atoms with Crippen LogP contribution in [0.3, 0.4) is 0 Å². The number of benzene rings is 5. The number of hydrogen-bond acceptors (Lipinski definition) is 18. The average Bonchev–Trinajstić information content (AvgIpc) is 0.830. The molecule has 31 heteroatoms. The molecule has 3 aliphatic heterocycles. The Morgan fingerprint density at radius 2 is 0.872 bits per heavy atom. The Bertz CT molecular complexity index is 3900. The van der Waals surface area contributed by atoms with Crippen molar-refractivity contribution in [3.8, 4) is 23.5 Å². The van der Waals surface area contributed by atoms with Gasteiger partial charge < -0.3 is 71.4 Å². The zero-order valence-electron chi connectivity index (χ0n) is 51.4. The van der Waals surface area contributed by atoms with Crippen molar-refractivity contribution in [2.24, 2.45) is 0 Å². The van der Waals surface area contributed by atoms with Crippen LogP contribution in [0.1, 0.15) is 82.3 Å². The second kappa shape index (κ2) is 33.7. The van der Waals surface area contributed by atoms with Crippen LogP contribution in [0.25, 0.3) is 0 Å². The van der Waals surface area contributed by atoms with Crippen LogP contribution in [0.15, 0.2) is 109 Å². The maximum atomic E-state index is 14.1. The van der Waals surface area contributed by atoms with E-state index < -0.39 is 35.7 Å². The smallest absolute Gasteiger partial charge is 0.392 e. The van der Waals surface area contributed by atoms with Crippen molar-refractivity contribution >= 4 is 121 Å². The lowest BCUT2D eigenvalue weighted by Gasteiger charge is -2.32. The summed E-state index contributed by atoms with van der Waals surface area (Å²) in [5, 5.41) is 20.4. The minimum absolute atomic E-state index is 0. The topological polar surface area (TPSA) is 286 Å². The standard InChI is InChI=1S/C26H22BCl2FN6O4.C25H25Cl2FN6O3.C12H17N3O.B/c1-35-9-11-36(12-10-35)26(38)15-2-4-16(5-3-15)32-25(37)19-14-21(24(31)34-33-19)40-20(8-13-39-27)22-17(28)6-7-18(30)23(22)29;1-14(21-17(26)7-8-18(28)22(21)27)37-20-13-19(31-32-23(20)29)24(35)30-16-5-3-15(4-6-16)25(36)34-11-9-33(2)10-12-34;1-14-6-8-15(9-7-14)12(16)10-2-4-11(13)5-3-10;/h2-7,14,20H,9-12H2,1H3,(H2,31,34)(H,32,37);3-8,13-14H,9-12H2,1-2H3,(H2,29,32)(H,30,35);2-5H,6-9,13H2,1H3;/t20-;14-;;/m11../s1. The first-order valence-electron chi connectivity index (χ1n) is 28.8. The van der Waals surface area contributed by atoms with Crippen LogP contribution in [0.2, 0.25) is 20.1 Å². The molecule has 5 heterocycles. The molecule has 3 aliphatic rings. The van der Waals surface area contributed by atoms with Crippen molar-refractivity contribution in [2.75, 3.05) is 128 Å². The molecule has 487 valence electrons. The Kier molecular flexibility index (Phi) is 26.0. The van der Waals surface area contributed by atoms with E-state index in [4.69, 9.17) is 81.1 Å². The van der Waals surface area contributed by atoms with E-state index in [2.05, 4.69) is 69.5 Å². The Labute approximate surface area is 565 Å². The molecule has 0 saturated carbocycles. The molecule has 7 aromatic rings. The number of halogens is 6. The third kappa shape index (κ3) is 19.1.